The van der Waals surface area contributed by atoms with Crippen LogP contribution in [0.4, 0.5) is 9.93 Å². The lowest BCUT2D eigenvalue weighted by molar-refractivity contribution is 0.0781. The summed E-state index contributed by atoms with van der Waals surface area (Å²) in [7, 11) is 1.68. The highest BCUT2D eigenvalue weighted by molar-refractivity contribution is 7.13. The van der Waals surface area contributed by atoms with E-state index in [-0.39, 0.29) is 11.9 Å². The van der Waals surface area contributed by atoms with E-state index in [1.54, 1.807) is 38.5 Å². The van der Waals surface area contributed by atoms with Gasteiger partial charge in [0, 0.05) is 30.7 Å². The highest BCUT2D eigenvalue weighted by atomic mass is 32.1. The molecule has 0 fully saturated rings. The maximum atomic E-state index is 12.6. The van der Waals surface area contributed by atoms with Gasteiger partial charge in [-0.1, -0.05) is 10.3 Å². The molecule has 4 rings (SSSR count). The zero-order chi connectivity index (χ0) is 22.0. The Morgan fingerprint density at radius 1 is 1.32 bits per heavy atom. The Labute approximate surface area is 181 Å². The number of carbonyl (C=O) groups is 2. The van der Waals surface area contributed by atoms with Crippen molar-refractivity contribution < 1.29 is 18.6 Å². The van der Waals surface area contributed by atoms with Crippen molar-refractivity contribution in [1.29, 1.82) is 0 Å². The van der Waals surface area contributed by atoms with Crippen LogP contribution in [0.1, 0.15) is 38.8 Å². The molecule has 0 unspecified atom stereocenters. The normalized spacial score (nSPS) is 12.5. The molecule has 3 amide bonds. The monoisotopic (exact) mass is 443 g/mol. The van der Waals surface area contributed by atoms with Crippen LogP contribution in [0, 0.1) is 13.8 Å². The molecule has 3 aromatic rings. The number of amides is 3. The van der Waals surface area contributed by atoms with E-state index >= 15 is 0 Å². The van der Waals surface area contributed by atoms with Crippen LogP contribution in [0.3, 0.4) is 0 Å². The van der Waals surface area contributed by atoms with Gasteiger partial charge in [0.1, 0.15) is 11.3 Å². The Hall–Kier alpha value is -3.67. The Morgan fingerprint density at radius 3 is 2.94 bits per heavy atom. The summed E-state index contributed by atoms with van der Waals surface area (Å²) in [5.74, 6) is 1.02. The standard InChI is InChI=1S/C19H21N7O4S/c1-11-16(12(2)29-24-11)17(27)25(3)8-14-9-31-19(22-14)23-18(28)20-10-26-5-4-15-13(7-26)6-21-30-15/h4-6,9H,7-8,10H2,1-3H3,(H2,20,22,23,28). The van der Waals surface area contributed by atoms with Crippen molar-refractivity contribution in [2.24, 2.45) is 0 Å². The van der Waals surface area contributed by atoms with Gasteiger partial charge in [-0.05, 0) is 19.9 Å². The highest BCUT2D eigenvalue weighted by Gasteiger charge is 2.22. The molecule has 3 aromatic heterocycles. The molecule has 0 aromatic carbocycles. The maximum Gasteiger partial charge on any atom is 0.322 e. The fourth-order valence-corrected chi connectivity index (χ4v) is 3.82. The van der Waals surface area contributed by atoms with Gasteiger partial charge in [0.25, 0.3) is 5.91 Å². The summed E-state index contributed by atoms with van der Waals surface area (Å²) < 4.78 is 10.1. The first-order valence-corrected chi connectivity index (χ1v) is 10.3. The second-order valence-electron chi connectivity index (χ2n) is 7.07. The Balaban J connectivity index is 1.27. The van der Waals surface area contributed by atoms with Crippen LogP contribution in [0.2, 0.25) is 0 Å². The Kier molecular flexibility index (Phi) is 5.71. The quantitative estimate of drug-likeness (QED) is 0.595. The van der Waals surface area contributed by atoms with Crippen molar-refractivity contribution >= 4 is 34.5 Å². The Morgan fingerprint density at radius 2 is 2.16 bits per heavy atom. The van der Waals surface area contributed by atoms with Gasteiger partial charge < -0.3 is 24.2 Å². The van der Waals surface area contributed by atoms with Gasteiger partial charge in [0.2, 0.25) is 0 Å². The van der Waals surface area contributed by atoms with Crippen LogP contribution in [-0.4, -0.2) is 50.8 Å². The molecular formula is C19H21N7O4S. The first-order valence-electron chi connectivity index (χ1n) is 9.44. The van der Waals surface area contributed by atoms with E-state index in [1.807, 2.05) is 11.1 Å². The molecule has 4 heterocycles. The fraction of sp³-hybridized carbons (Fsp3) is 0.316. The van der Waals surface area contributed by atoms with E-state index in [0.717, 1.165) is 11.3 Å². The second kappa shape index (κ2) is 8.60. The van der Waals surface area contributed by atoms with Crippen molar-refractivity contribution in [3.63, 3.8) is 0 Å². The van der Waals surface area contributed by atoms with E-state index in [9.17, 15) is 9.59 Å². The lowest BCUT2D eigenvalue weighted by Crippen LogP contribution is -2.37. The van der Waals surface area contributed by atoms with E-state index in [1.165, 1.54) is 16.2 Å². The number of aromatic nitrogens is 3. The van der Waals surface area contributed by atoms with Crippen LogP contribution in [0.5, 0.6) is 0 Å². The van der Waals surface area contributed by atoms with Gasteiger partial charge in [-0.25, -0.2) is 9.78 Å². The molecule has 1 aliphatic rings. The summed E-state index contributed by atoms with van der Waals surface area (Å²) >= 11 is 1.29. The van der Waals surface area contributed by atoms with Gasteiger partial charge in [-0.15, -0.1) is 11.3 Å². The van der Waals surface area contributed by atoms with Crippen LogP contribution in [0.15, 0.2) is 26.8 Å². The summed E-state index contributed by atoms with van der Waals surface area (Å²) in [6.07, 6.45) is 5.30. The number of rotatable bonds is 6. The smallest absolute Gasteiger partial charge is 0.322 e. The third kappa shape index (κ3) is 4.58. The molecule has 0 bridgehead atoms. The molecule has 12 heteroatoms. The third-order valence-corrected chi connectivity index (χ3v) is 5.50. The molecule has 31 heavy (non-hydrogen) atoms. The summed E-state index contributed by atoms with van der Waals surface area (Å²) in [5, 5.41) is 15.3. The average Bonchev–Trinajstić information content (AvgIpc) is 3.46. The molecule has 2 N–H and O–H groups in total. The first-order chi connectivity index (χ1) is 14.9. The van der Waals surface area contributed by atoms with E-state index in [0.29, 0.717) is 47.6 Å². The van der Waals surface area contributed by atoms with E-state index < -0.39 is 0 Å². The molecule has 0 atom stereocenters. The lowest BCUT2D eigenvalue weighted by atomic mass is 10.2. The number of carbonyl (C=O) groups excluding carboxylic acids is 2. The SMILES string of the molecule is Cc1noc(C)c1C(=O)N(C)Cc1csc(NC(=O)NCN2C=Cc3oncc3C2)n1. The number of thiazole rings is 1. The zero-order valence-corrected chi connectivity index (χ0v) is 18.0. The van der Waals surface area contributed by atoms with Crippen molar-refractivity contribution in [3.8, 4) is 0 Å². The largest absolute Gasteiger partial charge is 0.361 e. The van der Waals surface area contributed by atoms with Gasteiger partial charge in [0.15, 0.2) is 10.9 Å². The highest BCUT2D eigenvalue weighted by Crippen LogP contribution is 2.20. The second-order valence-corrected chi connectivity index (χ2v) is 7.93. The third-order valence-electron chi connectivity index (χ3n) is 4.69. The number of urea groups is 1. The molecule has 0 radical (unpaired) electrons. The zero-order valence-electron chi connectivity index (χ0n) is 17.2. The summed E-state index contributed by atoms with van der Waals surface area (Å²) in [5.41, 5.74) is 2.64. The van der Waals surface area contributed by atoms with Crippen LogP contribution < -0.4 is 10.6 Å². The number of hydrogen-bond acceptors (Lipinski definition) is 9. The summed E-state index contributed by atoms with van der Waals surface area (Å²) in [6.45, 7) is 4.64. The van der Waals surface area contributed by atoms with Gasteiger partial charge >= 0.3 is 6.03 Å². The molecular weight excluding hydrogens is 422 g/mol. The topological polar surface area (TPSA) is 130 Å². The van der Waals surface area contributed by atoms with Crippen LogP contribution in [0.25, 0.3) is 6.08 Å². The van der Waals surface area contributed by atoms with Crippen molar-refractivity contribution in [2.75, 3.05) is 19.0 Å². The van der Waals surface area contributed by atoms with Crippen LogP contribution in [-0.2, 0) is 13.1 Å². The lowest BCUT2D eigenvalue weighted by Gasteiger charge is -2.22. The van der Waals surface area contributed by atoms with Crippen molar-refractivity contribution in [3.05, 3.63) is 51.8 Å². The summed E-state index contributed by atoms with van der Waals surface area (Å²) in [4.78, 5) is 32.7. The predicted octanol–water partition coefficient (Wildman–Crippen LogP) is 2.57. The number of fused-ring (bicyclic) bond motifs is 1. The number of nitrogens with one attached hydrogen (secondary N) is 2. The first kappa shape index (κ1) is 20.6. The number of aryl methyl sites for hydroxylation is 2. The minimum Gasteiger partial charge on any atom is -0.361 e. The molecule has 1 aliphatic heterocycles. The van der Waals surface area contributed by atoms with Gasteiger partial charge in [-0.3, -0.25) is 10.1 Å². The molecule has 11 nitrogen and oxygen atoms in total. The van der Waals surface area contributed by atoms with E-state index in [4.69, 9.17) is 9.05 Å². The molecule has 0 aliphatic carbocycles. The molecule has 0 saturated carbocycles. The minimum atomic E-state index is -0.370. The molecule has 0 saturated heterocycles. The fourth-order valence-electron chi connectivity index (χ4n) is 3.12. The predicted molar refractivity (Wildman–Crippen MR) is 112 cm³/mol. The maximum absolute atomic E-state index is 12.6. The average molecular weight is 443 g/mol. The van der Waals surface area contributed by atoms with E-state index in [2.05, 4.69) is 25.9 Å². The van der Waals surface area contributed by atoms with Crippen LogP contribution >= 0.6 is 11.3 Å². The number of nitrogens with zero attached hydrogens (tertiary/aromatic N) is 5. The van der Waals surface area contributed by atoms with Gasteiger partial charge in [-0.2, -0.15) is 0 Å². The Bertz CT molecular complexity index is 1110. The molecule has 162 valence electrons. The van der Waals surface area contributed by atoms with Gasteiger partial charge in [0.05, 0.1) is 30.8 Å². The molecule has 0 spiro atoms. The number of anilines is 1. The van der Waals surface area contributed by atoms with Crippen molar-refractivity contribution in [2.45, 2.75) is 26.9 Å². The number of hydrogen-bond donors (Lipinski definition) is 2. The minimum absolute atomic E-state index is 0.193. The van der Waals surface area contributed by atoms with Crippen molar-refractivity contribution in [1.82, 2.24) is 30.4 Å². The summed E-state index contributed by atoms with van der Waals surface area (Å²) in [6, 6.07) is -0.370.